The van der Waals surface area contributed by atoms with E-state index in [2.05, 4.69) is 29.6 Å². The van der Waals surface area contributed by atoms with E-state index in [0.717, 1.165) is 29.9 Å². The van der Waals surface area contributed by atoms with Crippen LogP contribution in [0.3, 0.4) is 0 Å². The minimum absolute atomic E-state index is 0.143. The van der Waals surface area contributed by atoms with Crippen molar-refractivity contribution in [2.45, 2.75) is 50.3 Å². The molecule has 0 aliphatic carbocycles. The Balaban J connectivity index is 1.64. The molecule has 0 fully saturated rings. The summed E-state index contributed by atoms with van der Waals surface area (Å²) in [7, 11) is 1.25. The molecule has 0 bridgehead atoms. The first-order chi connectivity index (χ1) is 18.8. The van der Waals surface area contributed by atoms with Crippen molar-refractivity contribution in [2.24, 2.45) is 0 Å². The van der Waals surface area contributed by atoms with Gasteiger partial charge in [-0.2, -0.15) is 0 Å². The van der Waals surface area contributed by atoms with Crippen molar-refractivity contribution in [1.82, 2.24) is 5.32 Å². The third-order valence-corrected chi connectivity index (χ3v) is 7.49. The van der Waals surface area contributed by atoms with E-state index in [-0.39, 0.29) is 30.0 Å². The minimum atomic E-state index is -0.873. The van der Waals surface area contributed by atoms with E-state index >= 15 is 0 Å². The quantitative estimate of drug-likeness (QED) is 0.115. The Morgan fingerprint density at radius 2 is 1.72 bits per heavy atom. The van der Waals surface area contributed by atoms with Crippen LogP contribution in [0.5, 0.6) is 0 Å². The molecular weight excluding hydrogens is 520 g/mol. The van der Waals surface area contributed by atoms with Crippen molar-refractivity contribution < 1.29 is 29.1 Å². The molecule has 208 valence electrons. The zero-order valence-electron chi connectivity index (χ0n) is 22.4. The lowest BCUT2D eigenvalue weighted by Gasteiger charge is -2.30. The van der Waals surface area contributed by atoms with E-state index in [0.29, 0.717) is 23.4 Å². The van der Waals surface area contributed by atoms with Gasteiger partial charge in [-0.05, 0) is 68.5 Å². The molecule has 2 aromatic rings. The number of non-ortho nitro benzene ring substituents is 1. The van der Waals surface area contributed by atoms with Crippen molar-refractivity contribution in [3.8, 4) is 0 Å². The number of methoxy groups -OCH3 is 1. The van der Waals surface area contributed by atoms with Crippen molar-refractivity contribution in [3.63, 3.8) is 0 Å². The van der Waals surface area contributed by atoms with Crippen LogP contribution in [0.15, 0.2) is 76.0 Å². The monoisotopic (exact) mass is 554 g/mol. The second-order valence-electron chi connectivity index (χ2n) is 9.14. The maximum atomic E-state index is 13.3. The number of thioether (sulfide) groups is 1. The Morgan fingerprint density at radius 3 is 2.36 bits per heavy atom. The van der Waals surface area contributed by atoms with Gasteiger partial charge >= 0.3 is 11.9 Å². The Labute approximate surface area is 232 Å². The van der Waals surface area contributed by atoms with Gasteiger partial charge in [0.05, 0.1) is 35.7 Å². The van der Waals surface area contributed by atoms with Crippen molar-refractivity contribution in [1.29, 1.82) is 0 Å². The summed E-state index contributed by atoms with van der Waals surface area (Å²) in [4.78, 5) is 38.1. The fourth-order valence-electron chi connectivity index (χ4n) is 4.47. The number of carbonyl (C=O) groups is 2. The van der Waals surface area contributed by atoms with Gasteiger partial charge in [0, 0.05) is 35.0 Å². The van der Waals surface area contributed by atoms with Gasteiger partial charge in [-0.3, -0.25) is 10.1 Å². The zero-order valence-corrected chi connectivity index (χ0v) is 23.2. The SMILES string of the molecule is COC(=O)C1=C(C)NC(C)=C(C(=O)OCCCCSc2ccc(CCCO)cc2)C1c1cccc([N+](=O)[O-])c1. The Morgan fingerprint density at radius 1 is 1.03 bits per heavy atom. The Kier molecular flexibility index (Phi) is 11.1. The van der Waals surface area contributed by atoms with Crippen LogP contribution in [0.1, 0.15) is 50.2 Å². The molecule has 0 saturated heterocycles. The zero-order chi connectivity index (χ0) is 28.4. The lowest BCUT2D eigenvalue weighted by molar-refractivity contribution is -0.384. The lowest BCUT2D eigenvalue weighted by Crippen LogP contribution is -2.32. The van der Waals surface area contributed by atoms with E-state index in [1.54, 1.807) is 31.7 Å². The molecule has 0 aromatic heterocycles. The topological polar surface area (TPSA) is 128 Å². The van der Waals surface area contributed by atoms with Crippen molar-refractivity contribution in [3.05, 3.63) is 92.3 Å². The molecule has 0 amide bonds. The second-order valence-corrected chi connectivity index (χ2v) is 10.3. The van der Waals surface area contributed by atoms with Gasteiger partial charge in [0.2, 0.25) is 0 Å². The molecule has 1 aliphatic heterocycles. The van der Waals surface area contributed by atoms with Crippen LogP contribution in [-0.2, 0) is 25.5 Å². The Bertz CT molecular complexity index is 1250. The molecule has 0 saturated carbocycles. The fourth-order valence-corrected chi connectivity index (χ4v) is 5.38. The molecule has 2 N–H and O–H groups in total. The van der Waals surface area contributed by atoms with E-state index in [1.165, 1.54) is 30.9 Å². The number of hydrogen-bond donors (Lipinski definition) is 2. The summed E-state index contributed by atoms with van der Waals surface area (Å²) in [5.41, 5.74) is 2.93. The first-order valence-corrected chi connectivity index (χ1v) is 13.8. The highest BCUT2D eigenvalue weighted by Crippen LogP contribution is 2.40. The van der Waals surface area contributed by atoms with E-state index in [9.17, 15) is 19.7 Å². The largest absolute Gasteiger partial charge is 0.466 e. The number of allylic oxidation sites excluding steroid dienone is 2. The number of aryl methyl sites for hydroxylation is 1. The molecular formula is C29H34N2O7S. The number of nitro groups is 1. The summed E-state index contributed by atoms with van der Waals surface area (Å²) in [6.07, 6.45) is 3.11. The number of nitrogens with one attached hydrogen (secondary N) is 1. The van der Waals surface area contributed by atoms with Gasteiger partial charge in [-0.15, -0.1) is 11.8 Å². The molecule has 0 spiro atoms. The highest BCUT2D eigenvalue weighted by molar-refractivity contribution is 7.99. The summed E-state index contributed by atoms with van der Waals surface area (Å²) in [6, 6.07) is 14.2. The van der Waals surface area contributed by atoms with Gasteiger partial charge in [0.15, 0.2) is 0 Å². The number of nitrogens with zero attached hydrogens (tertiary/aromatic N) is 1. The minimum Gasteiger partial charge on any atom is -0.466 e. The first-order valence-electron chi connectivity index (χ1n) is 12.8. The number of unbranched alkanes of at least 4 members (excludes halogenated alkanes) is 1. The summed E-state index contributed by atoms with van der Waals surface area (Å²) < 4.78 is 10.6. The molecule has 1 atom stereocenters. The fraction of sp³-hybridized carbons (Fsp3) is 0.379. The summed E-state index contributed by atoms with van der Waals surface area (Å²) in [6.45, 7) is 3.80. The number of rotatable bonds is 13. The number of benzene rings is 2. The first kappa shape index (κ1) is 29.9. The molecule has 1 unspecified atom stereocenters. The number of hydrogen-bond acceptors (Lipinski definition) is 9. The average Bonchev–Trinajstić information content (AvgIpc) is 2.93. The highest BCUT2D eigenvalue weighted by atomic mass is 32.2. The Hall–Kier alpha value is -3.63. The van der Waals surface area contributed by atoms with Crippen LogP contribution in [0.4, 0.5) is 5.69 Å². The maximum Gasteiger partial charge on any atom is 0.336 e. The van der Waals surface area contributed by atoms with Crippen LogP contribution in [0.25, 0.3) is 0 Å². The third kappa shape index (κ3) is 7.93. The molecule has 10 heteroatoms. The van der Waals surface area contributed by atoms with Gasteiger partial charge in [0.1, 0.15) is 0 Å². The maximum absolute atomic E-state index is 13.3. The lowest BCUT2D eigenvalue weighted by atomic mass is 9.80. The van der Waals surface area contributed by atoms with Crippen LogP contribution in [0.2, 0.25) is 0 Å². The van der Waals surface area contributed by atoms with Gasteiger partial charge in [-0.1, -0.05) is 24.3 Å². The van der Waals surface area contributed by atoms with Crippen molar-refractivity contribution in [2.75, 3.05) is 26.1 Å². The predicted octanol–water partition coefficient (Wildman–Crippen LogP) is 5.04. The molecule has 3 rings (SSSR count). The summed E-state index contributed by atoms with van der Waals surface area (Å²) >= 11 is 1.73. The standard InChI is InChI=1S/C29H34N2O7S/c1-19-25(28(33)37-3)27(22-9-6-10-23(18-22)31(35)36)26(20(2)30-19)29(34)38-16-4-5-17-39-24-13-11-21(12-14-24)8-7-15-32/h6,9-14,18,27,30,32H,4-5,7-8,15-17H2,1-3H3. The molecule has 39 heavy (non-hydrogen) atoms. The van der Waals surface area contributed by atoms with E-state index < -0.39 is 22.8 Å². The number of nitro benzene ring substituents is 1. The van der Waals surface area contributed by atoms with Gasteiger partial charge in [-0.25, -0.2) is 9.59 Å². The van der Waals surface area contributed by atoms with Crippen LogP contribution in [-0.4, -0.2) is 48.0 Å². The number of aliphatic hydroxyl groups excluding tert-OH is 1. The highest BCUT2D eigenvalue weighted by Gasteiger charge is 2.38. The van der Waals surface area contributed by atoms with Crippen molar-refractivity contribution >= 4 is 29.4 Å². The molecule has 0 radical (unpaired) electrons. The molecule has 1 aliphatic rings. The molecule has 1 heterocycles. The third-order valence-electron chi connectivity index (χ3n) is 6.39. The average molecular weight is 555 g/mol. The van der Waals surface area contributed by atoms with Gasteiger partial charge in [0.25, 0.3) is 5.69 Å². The van der Waals surface area contributed by atoms with E-state index in [4.69, 9.17) is 14.6 Å². The molecule has 2 aromatic carbocycles. The van der Waals surface area contributed by atoms with Crippen LogP contribution < -0.4 is 5.32 Å². The normalized spacial score (nSPS) is 15.1. The number of esters is 2. The number of carbonyl (C=O) groups excluding carboxylic acids is 2. The molecule has 9 nitrogen and oxygen atoms in total. The summed E-state index contributed by atoms with van der Waals surface area (Å²) in [5, 5.41) is 23.4. The number of dihydropyridines is 1. The van der Waals surface area contributed by atoms with Crippen LogP contribution in [0, 0.1) is 10.1 Å². The smallest absolute Gasteiger partial charge is 0.336 e. The number of aliphatic hydroxyl groups is 1. The number of ether oxygens (including phenoxy) is 2. The van der Waals surface area contributed by atoms with Gasteiger partial charge < -0.3 is 19.9 Å². The predicted molar refractivity (Wildman–Crippen MR) is 149 cm³/mol. The second kappa shape index (κ2) is 14.5. The van der Waals surface area contributed by atoms with E-state index in [1.807, 2.05) is 0 Å². The van der Waals surface area contributed by atoms with Crippen LogP contribution >= 0.6 is 11.8 Å². The summed E-state index contributed by atoms with van der Waals surface area (Å²) in [5.74, 6) is -1.23.